The maximum atomic E-state index is 11.5. The van der Waals surface area contributed by atoms with E-state index in [-0.39, 0.29) is 23.0 Å². The van der Waals surface area contributed by atoms with Gasteiger partial charge in [0.25, 0.3) is 0 Å². The summed E-state index contributed by atoms with van der Waals surface area (Å²) in [6.07, 6.45) is 1.03. The van der Waals surface area contributed by atoms with Gasteiger partial charge in [0.05, 0.1) is 24.2 Å². The number of nitrogens with zero attached hydrogens (tertiary/aromatic N) is 3. The first-order valence-corrected chi connectivity index (χ1v) is 5.72. The number of nitrogens with two attached hydrogens (primary N) is 1. The van der Waals surface area contributed by atoms with Crippen LogP contribution in [0.2, 0.25) is 0 Å². The second-order valence-electron chi connectivity index (χ2n) is 3.52. The molecular formula is C8H12N4O3S. The molecule has 1 aliphatic rings. The Hall–Kier alpha value is -1.12. The van der Waals surface area contributed by atoms with Crippen LogP contribution in [0.25, 0.3) is 0 Å². The van der Waals surface area contributed by atoms with Crippen molar-refractivity contribution in [3.63, 3.8) is 0 Å². The van der Waals surface area contributed by atoms with E-state index < -0.39 is 11.8 Å². The molecule has 0 radical (unpaired) electrons. The molecule has 8 heteroatoms. The molecule has 1 aromatic heterocycles. The maximum Gasteiger partial charge on any atom is 0.366 e. The Bertz CT molecular complexity index is 438. The van der Waals surface area contributed by atoms with Gasteiger partial charge in [0.2, 0.25) is 0 Å². The minimum absolute atomic E-state index is 0.0727. The average Bonchev–Trinajstić information content (AvgIpc) is 2.59. The van der Waals surface area contributed by atoms with Crippen molar-refractivity contribution in [3.8, 4) is 0 Å². The maximum absolute atomic E-state index is 11.5. The van der Waals surface area contributed by atoms with Crippen LogP contribution in [0.5, 0.6) is 0 Å². The smallest absolute Gasteiger partial charge is 0.366 e. The van der Waals surface area contributed by atoms with Gasteiger partial charge in [-0.3, -0.25) is 0 Å². The predicted octanol–water partition coefficient (Wildman–Crippen LogP) is -1.42. The number of aliphatic hydroxyl groups is 2. The highest BCUT2D eigenvalue weighted by Gasteiger charge is 2.35. The fourth-order valence-electron chi connectivity index (χ4n) is 1.59. The summed E-state index contributed by atoms with van der Waals surface area (Å²) in [6.45, 7) is -0.126. The molecule has 7 nitrogen and oxygen atoms in total. The second kappa shape index (κ2) is 4.40. The third-order valence-corrected chi connectivity index (χ3v) is 3.91. The van der Waals surface area contributed by atoms with Crippen molar-refractivity contribution < 1.29 is 10.2 Å². The van der Waals surface area contributed by atoms with Gasteiger partial charge in [0, 0.05) is 6.42 Å². The Morgan fingerprint density at radius 2 is 2.44 bits per heavy atom. The molecule has 3 atom stereocenters. The number of aromatic nitrogens is 3. The molecule has 0 aromatic carbocycles. The van der Waals surface area contributed by atoms with Crippen molar-refractivity contribution in [2.45, 2.75) is 23.1 Å². The highest BCUT2D eigenvalue weighted by atomic mass is 32.2. The number of rotatable bonds is 2. The van der Waals surface area contributed by atoms with Crippen LogP contribution in [-0.4, -0.2) is 42.9 Å². The molecule has 16 heavy (non-hydrogen) atoms. The minimum atomic E-state index is -0.633. The van der Waals surface area contributed by atoms with Crippen molar-refractivity contribution in [1.82, 2.24) is 14.8 Å². The Labute approximate surface area is 95.3 Å². The lowest BCUT2D eigenvalue weighted by atomic mass is 10.2. The predicted molar refractivity (Wildman–Crippen MR) is 58.8 cm³/mol. The first-order chi connectivity index (χ1) is 7.61. The molecule has 2 heterocycles. The summed E-state index contributed by atoms with van der Waals surface area (Å²) in [6, 6.07) is 0. The normalized spacial score (nSPS) is 29.5. The average molecular weight is 244 g/mol. The van der Waals surface area contributed by atoms with E-state index in [4.69, 9.17) is 10.8 Å². The van der Waals surface area contributed by atoms with Crippen molar-refractivity contribution in [2.24, 2.45) is 0 Å². The number of aliphatic hydroxyl groups excluding tert-OH is 2. The van der Waals surface area contributed by atoms with Crippen molar-refractivity contribution in [1.29, 1.82) is 0 Å². The Balaban J connectivity index is 2.23. The number of nitrogen functional groups attached to an aromatic ring is 1. The quantitative estimate of drug-likeness (QED) is 0.584. The second-order valence-corrected chi connectivity index (χ2v) is 4.95. The molecule has 0 amide bonds. The molecule has 1 fully saturated rings. The number of hydrogen-bond donors (Lipinski definition) is 3. The summed E-state index contributed by atoms with van der Waals surface area (Å²) in [5.41, 5.74) is 4.79. The van der Waals surface area contributed by atoms with E-state index in [0.29, 0.717) is 6.42 Å². The van der Waals surface area contributed by atoms with Crippen LogP contribution < -0.4 is 11.4 Å². The van der Waals surface area contributed by atoms with E-state index >= 15 is 0 Å². The molecule has 0 aliphatic carbocycles. The monoisotopic (exact) mass is 244 g/mol. The lowest BCUT2D eigenvalue weighted by Crippen LogP contribution is -2.28. The molecule has 4 N–H and O–H groups in total. The van der Waals surface area contributed by atoms with E-state index in [1.807, 2.05) is 0 Å². The van der Waals surface area contributed by atoms with E-state index in [0.717, 1.165) is 0 Å². The van der Waals surface area contributed by atoms with Crippen LogP contribution in [0.3, 0.4) is 0 Å². The van der Waals surface area contributed by atoms with Crippen molar-refractivity contribution in [2.75, 3.05) is 12.3 Å². The van der Waals surface area contributed by atoms with Gasteiger partial charge < -0.3 is 15.9 Å². The highest BCUT2D eigenvalue weighted by molar-refractivity contribution is 8.00. The van der Waals surface area contributed by atoms with Crippen molar-refractivity contribution >= 4 is 17.6 Å². The van der Waals surface area contributed by atoms with E-state index in [2.05, 4.69) is 10.1 Å². The van der Waals surface area contributed by atoms with Crippen LogP contribution in [0.15, 0.2) is 11.0 Å². The summed E-state index contributed by atoms with van der Waals surface area (Å²) < 4.78 is 1.18. The number of hydrogen-bond acceptors (Lipinski definition) is 7. The summed E-state index contributed by atoms with van der Waals surface area (Å²) in [5, 5.41) is 21.9. The molecule has 88 valence electrons. The molecule has 0 bridgehead atoms. The van der Waals surface area contributed by atoms with Crippen LogP contribution in [0.4, 0.5) is 5.82 Å². The number of thioether (sulfide) groups is 1. The summed E-state index contributed by atoms with van der Waals surface area (Å²) in [4.78, 5) is 15.0. The van der Waals surface area contributed by atoms with Gasteiger partial charge in [-0.05, 0) is 0 Å². The zero-order valence-electron chi connectivity index (χ0n) is 8.35. The van der Waals surface area contributed by atoms with Crippen LogP contribution in [-0.2, 0) is 0 Å². The van der Waals surface area contributed by atoms with E-state index in [1.165, 1.54) is 22.6 Å². The first-order valence-electron chi connectivity index (χ1n) is 4.77. The van der Waals surface area contributed by atoms with E-state index in [9.17, 15) is 9.90 Å². The van der Waals surface area contributed by atoms with Crippen LogP contribution in [0.1, 0.15) is 11.8 Å². The molecule has 2 rings (SSSR count). The lowest BCUT2D eigenvalue weighted by molar-refractivity contribution is 0.136. The fraction of sp³-hybridized carbons (Fsp3) is 0.625. The van der Waals surface area contributed by atoms with Gasteiger partial charge in [-0.15, -0.1) is 11.8 Å². The molecule has 1 saturated heterocycles. The Morgan fingerprint density at radius 1 is 1.69 bits per heavy atom. The third kappa shape index (κ3) is 2.04. The summed E-state index contributed by atoms with van der Waals surface area (Å²) in [7, 11) is 0. The largest absolute Gasteiger partial charge is 0.395 e. The molecule has 0 saturated carbocycles. The zero-order chi connectivity index (χ0) is 11.7. The van der Waals surface area contributed by atoms with E-state index in [1.54, 1.807) is 0 Å². The molecule has 1 aromatic rings. The Kier molecular flexibility index (Phi) is 3.13. The molecule has 1 aliphatic heterocycles. The third-order valence-electron chi connectivity index (χ3n) is 2.39. The number of anilines is 1. The van der Waals surface area contributed by atoms with Gasteiger partial charge in [-0.2, -0.15) is 14.8 Å². The SMILES string of the molecule is Nc1cnn([C@H]2C[C@H](O)[C@@H](CO)S2)c(=O)n1. The minimum Gasteiger partial charge on any atom is -0.395 e. The molecule has 0 unspecified atom stereocenters. The van der Waals surface area contributed by atoms with Gasteiger partial charge in [-0.25, -0.2) is 4.79 Å². The summed E-state index contributed by atoms with van der Waals surface area (Å²) >= 11 is 1.31. The fourth-order valence-corrected chi connectivity index (χ4v) is 2.94. The van der Waals surface area contributed by atoms with Crippen LogP contribution >= 0.6 is 11.8 Å². The summed E-state index contributed by atoms with van der Waals surface area (Å²) in [5.74, 6) is 0.0727. The molecular weight excluding hydrogens is 232 g/mol. The topological polar surface area (TPSA) is 114 Å². The Morgan fingerprint density at radius 3 is 3.00 bits per heavy atom. The van der Waals surface area contributed by atoms with Gasteiger partial charge in [0.15, 0.2) is 0 Å². The van der Waals surface area contributed by atoms with Gasteiger partial charge >= 0.3 is 5.69 Å². The van der Waals surface area contributed by atoms with Gasteiger partial charge in [-0.1, -0.05) is 0 Å². The van der Waals surface area contributed by atoms with Crippen molar-refractivity contribution in [3.05, 3.63) is 16.7 Å². The highest BCUT2D eigenvalue weighted by Crippen LogP contribution is 2.39. The first kappa shape index (κ1) is 11.4. The van der Waals surface area contributed by atoms with Gasteiger partial charge in [0.1, 0.15) is 11.2 Å². The van der Waals surface area contributed by atoms with Crippen LogP contribution in [0, 0.1) is 0 Å². The lowest BCUT2D eigenvalue weighted by Gasteiger charge is -2.10. The standard InChI is InChI=1S/C8H12N4O3S/c9-6-2-10-12(8(15)11-6)7-1-4(14)5(3-13)16-7/h2,4-5,7,13-14H,1,3H2,(H2,9,11,15)/t4-,5+,7+/m0/s1. The molecule has 0 spiro atoms. The zero-order valence-corrected chi connectivity index (χ0v) is 9.17.